The van der Waals surface area contributed by atoms with Crippen molar-refractivity contribution in [2.75, 3.05) is 12.4 Å². The molecule has 156 valence electrons. The Morgan fingerprint density at radius 2 is 1.77 bits per heavy atom. The Kier molecular flexibility index (Phi) is 6.20. The molecule has 0 aliphatic rings. The Hall–Kier alpha value is -2.64. The van der Waals surface area contributed by atoms with Crippen LogP contribution < -0.4 is 5.56 Å². The van der Waals surface area contributed by atoms with E-state index in [0.29, 0.717) is 11.2 Å². The van der Waals surface area contributed by atoms with Crippen molar-refractivity contribution in [3.63, 3.8) is 0 Å². The molecule has 0 amide bonds. The maximum atomic E-state index is 13.5. The van der Waals surface area contributed by atoms with Crippen LogP contribution in [0, 0.1) is 0 Å². The summed E-state index contributed by atoms with van der Waals surface area (Å²) in [7, 11) is 0. The second-order valence-electron chi connectivity index (χ2n) is 7.62. The fourth-order valence-corrected chi connectivity index (χ4v) is 4.66. The van der Waals surface area contributed by atoms with Gasteiger partial charge < -0.3 is 5.11 Å². The normalized spacial score (nSPS) is 11.7. The van der Waals surface area contributed by atoms with Gasteiger partial charge in [0.1, 0.15) is 0 Å². The third kappa shape index (κ3) is 3.75. The van der Waals surface area contributed by atoms with Crippen LogP contribution in [0.1, 0.15) is 44.6 Å². The molecule has 0 saturated carbocycles. The van der Waals surface area contributed by atoms with Crippen molar-refractivity contribution in [1.82, 2.24) is 19.2 Å². The van der Waals surface area contributed by atoms with E-state index in [0.717, 1.165) is 46.9 Å². The number of aliphatic hydroxyl groups is 1. The summed E-state index contributed by atoms with van der Waals surface area (Å²) in [6.45, 7) is 4.48. The number of nitrogens with zero attached hydrogens (tertiary/aromatic N) is 4. The molecule has 2 aromatic carbocycles. The first-order chi connectivity index (χ1) is 14.6. The van der Waals surface area contributed by atoms with Crippen LogP contribution in [0.15, 0.2) is 58.5 Å². The summed E-state index contributed by atoms with van der Waals surface area (Å²) in [5, 5.41) is 19.3. The fourth-order valence-electron chi connectivity index (χ4n) is 3.72. The summed E-state index contributed by atoms with van der Waals surface area (Å²) in [6, 6.07) is 15.6. The molecule has 7 heteroatoms. The zero-order valence-electron chi connectivity index (χ0n) is 17.3. The van der Waals surface area contributed by atoms with Crippen LogP contribution in [0.3, 0.4) is 0 Å². The molecule has 4 aromatic rings. The molecule has 0 atom stereocenters. The second kappa shape index (κ2) is 9.02. The Morgan fingerprint density at radius 1 is 1.00 bits per heavy atom. The van der Waals surface area contributed by atoms with Crippen LogP contribution >= 0.6 is 11.8 Å². The predicted octanol–water partition coefficient (Wildman–Crippen LogP) is 4.41. The molecule has 6 nitrogen and oxygen atoms in total. The minimum Gasteiger partial charge on any atom is -0.396 e. The standard InChI is InChI=1S/C23H26N4O2S/c1-16(2)17-10-4-6-12-19(17)26-21(29)18-11-5-7-13-20(18)27-22(26)24-25-23(27)30-15-9-3-8-14-28/h4-7,10-13,16,28H,3,8-9,14-15H2,1-2H3. The maximum Gasteiger partial charge on any atom is 0.267 e. The van der Waals surface area contributed by atoms with E-state index < -0.39 is 0 Å². The largest absolute Gasteiger partial charge is 0.396 e. The van der Waals surface area contributed by atoms with Crippen LogP contribution in [0.25, 0.3) is 22.4 Å². The average Bonchev–Trinajstić information content (AvgIpc) is 3.18. The number of para-hydroxylation sites is 2. The summed E-state index contributed by atoms with van der Waals surface area (Å²) in [5.74, 6) is 1.68. The lowest BCUT2D eigenvalue weighted by Crippen LogP contribution is -2.23. The van der Waals surface area contributed by atoms with Crippen molar-refractivity contribution in [3.05, 3.63) is 64.4 Å². The highest BCUT2D eigenvalue weighted by atomic mass is 32.2. The zero-order valence-corrected chi connectivity index (χ0v) is 18.1. The van der Waals surface area contributed by atoms with E-state index in [1.165, 1.54) is 0 Å². The predicted molar refractivity (Wildman–Crippen MR) is 122 cm³/mol. The molecule has 1 N–H and O–H groups in total. The third-order valence-corrected chi connectivity index (χ3v) is 6.24. The first-order valence-electron chi connectivity index (χ1n) is 10.4. The van der Waals surface area contributed by atoms with Gasteiger partial charge in [-0.3, -0.25) is 9.20 Å². The highest BCUT2D eigenvalue weighted by molar-refractivity contribution is 7.99. The number of rotatable bonds is 8. The highest BCUT2D eigenvalue weighted by Gasteiger charge is 2.19. The minimum absolute atomic E-state index is 0.0851. The topological polar surface area (TPSA) is 72.4 Å². The van der Waals surface area contributed by atoms with Crippen LogP contribution in [-0.2, 0) is 0 Å². The fraction of sp³-hybridized carbons (Fsp3) is 0.348. The molecule has 0 radical (unpaired) electrons. The molecule has 30 heavy (non-hydrogen) atoms. The quantitative estimate of drug-likeness (QED) is 0.336. The molecule has 0 unspecified atom stereocenters. The number of unbranched alkanes of at least 4 members (excludes halogenated alkanes) is 2. The third-order valence-electron chi connectivity index (χ3n) is 5.23. The van der Waals surface area contributed by atoms with Gasteiger partial charge in [-0.15, -0.1) is 10.2 Å². The molecular weight excluding hydrogens is 396 g/mol. The zero-order chi connectivity index (χ0) is 21.1. The van der Waals surface area contributed by atoms with Crippen LogP contribution in [0.5, 0.6) is 0 Å². The lowest BCUT2D eigenvalue weighted by molar-refractivity contribution is 0.284. The van der Waals surface area contributed by atoms with Gasteiger partial charge >= 0.3 is 0 Å². The molecule has 0 aliphatic carbocycles. The van der Waals surface area contributed by atoms with Crippen LogP contribution in [0.2, 0.25) is 0 Å². The van der Waals surface area contributed by atoms with Crippen molar-refractivity contribution in [2.45, 2.75) is 44.2 Å². The number of benzene rings is 2. The summed E-state index contributed by atoms with van der Waals surface area (Å²) < 4.78 is 3.69. The van der Waals surface area contributed by atoms with Crippen molar-refractivity contribution >= 4 is 28.4 Å². The van der Waals surface area contributed by atoms with E-state index in [4.69, 9.17) is 5.11 Å². The number of hydrogen-bond acceptors (Lipinski definition) is 5. The van der Waals surface area contributed by atoms with Gasteiger partial charge in [0.15, 0.2) is 5.16 Å². The summed E-state index contributed by atoms with van der Waals surface area (Å²) in [5.41, 5.74) is 2.68. The van der Waals surface area contributed by atoms with Gasteiger partial charge in [0, 0.05) is 12.4 Å². The van der Waals surface area contributed by atoms with Crippen LogP contribution in [0.4, 0.5) is 0 Å². The number of thioether (sulfide) groups is 1. The summed E-state index contributed by atoms with van der Waals surface area (Å²) in [4.78, 5) is 13.5. The molecule has 2 aromatic heterocycles. The van der Waals surface area contributed by atoms with E-state index in [1.807, 2.05) is 46.9 Å². The van der Waals surface area contributed by atoms with E-state index in [-0.39, 0.29) is 18.1 Å². The Bertz CT molecular complexity index is 1230. The van der Waals surface area contributed by atoms with E-state index in [9.17, 15) is 4.79 Å². The van der Waals surface area contributed by atoms with Gasteiger partial charge in [-0.1, -0.05) is 62.4 Å². The second-order valence-corrected chi connectivity index (χ2v) is 8.68. The molecule has 0 fully saturated rings. The first-order valence-corrected chi connectivity index (χ1v) is 11.3. The van der Waals surface area contributed by atoms with E-state index >= 15 is 0 Å². The monoisotopic (exact) mass is 422 g/mol. The number of hydrogen-bond donors (Lipinski definition) is 1. The van der Waals surface area contributed by atoms with Gasteiger partial charge in [0.2, 0.25) is 5.78 Å². The smallest absolute Gasteiger partial charge is 0.267 e. The first kappa shape index (κ1) is 20.6. The van der Waals surface area contributed by atoms with Gasteiger partial charge in [0.25, 0.3) is 5.56 Å². The van der Waals surface area contributed by atoms with Gasteiger partial charge in [-0.25, -0.2) is 4.57 Å². The van der Waals surface area contributed by atoms with Crippen molar-refractivity contribution in [2.24, 2.45) is 0 Å². The molecular formula is C23H26N4O2S. The van der Waals surface area contributed by atoms with E-state index in [1.54, 1.807) is 16.3 Å². The van der Waals surface area contributed by atoms with Crippen LogP contribution in [-0.4, -0.2) is 36.6 Å². The van der Waals surface area contributed by atoms with E-state index in [2.05, 4.69) is 30.1 Å². The molecule has 2 heterocycles. The average molecular weight is 423 g/mol. The SMILES string of the molecule is CC(C)c1ccccc1-n1c(=O)c2ccccc2n2c(SCCCCCO)nnc12. The molecule has 0 spiro atoms. The molecule has 0 saturated heterocycles. The van der Waals surface area contributed by atoms with Gasteiger partial charge in [-0.2, -0.15) is 0 Å². The molecule has 0 bridgehead atoms. The van der Waals surface area contributed by atoms with Crippen molar-refractivity contribution in [1.29, 1.82) is 0 Å². The summed E-state index contributed by atoms with van der Waals surface area (Å²) >= 11 is 1.63. The number of fused-ring (bicyclic) bond motifs is 3. The number of aromatic nitrogens is 4. The Balaban J connectivity index is 1.92. The Morgan fingerprint density at radius 3 is 2.57 bits per heavy atom. The summed E-state index contributed by atoms with van der Waals surface area (Å²) in [6.07, 6.45) is 2.79. The molecule has 0 aliphatic heterocycles. The highest BCUT2D eigenvalue weighted by Crippen LogP contribution is 2.27. The van der Waals surface area contributed by atoms with Gasteiger partial charge in [0.05, 0.1) is 16.6 Å². The number of aliphatic hydroxyl groups excluding tert-OH is 1. The molecule has 4 rings (SSSR count). The van der Waals surface area contributed by atoms with Gasteiger partial charge in [-0.05, 0) is 42.5 Å². The lowest BCUT2D eigenvalue weighted by atomic mass is 10.0. The Labute approximate surface area is 179 Å². The van der Waals surface area contributed by atoms with Crippen molar-refractivity contribution in [3.8, 4) is 5.69 Å². The minimum atomic E-state index is -0.0851. The maximum absolute atomic E-state index is 13.5. The van der Waals surface area contributed by atoms with Crippen molar-refractivity contribution < 1.29 is 5.11 Å². The lowest BCUT2D eigenvalue weighted by Gasteiger charge is -2.16.